The topological polar surface area (TPSA) is 90.8 Å². The molecule has 2 aromatic rings. The third kappa shape index (κ3) is 4.37. The van der Waals surface area contributed by atoms with Gasteiger partial charge in [-0.3, -0.25) is 4.79 Å². The summed E-state index contributed by atoms with van der Waals surface area (Å²) in [4.78, 5) is 21.8. The van der Waals surface area contributed by atoms with Crippen molar-refractivity contribution in [2.24, 2.45) is 0 Å². The Morgan fingerprint density at radius 3 is 2.43 bits per heavy atom. The lowest BCUT2D eigenvalue weighted by molar-refractivity contribution is -0.162. The van der Waals surface area contributed by atoms with Gasteiger partial charge in [-0.2, -0.15) is 4.98 Å². The van der Waals surface area contributed by atoms with Crippen molar-refractivity contribution in [2.75, 3.05) is 14.2 Å². The highest BCUT2D eigenvalue weighted by Gasteiger charge is 2.22. The van der Waals surface area contributed by atoms with Gasteiger partial charge in [-0.15, -0.1) is 11.3 Å². The number of carbonyl (C=O) groups is 1. The van der Waals surface area contributed by atoms with Crippen LogP contribution in [0.2, 0.25) is 0 Å². The standard InChI is InChI=1S/C15H20N2O5S/c1-15(2,3)22-11(19)7-9(18)10-6-8-14(23-10)17-13(21-5)12(16-8)20-4/h6,11,19H,7H2,1-5H3. The Hall–Kier alpha value is -1.77. The van der Waals surface area contributed by atoms with Crippen LogP contribution in [0.15, 0.2) is 6.07 Å². The van der Waals surface area contributed by atoms with E-state index in [4.69, 9.17) is 14.2 Å². The van der Waals surface area contributed by atoms with Crippen LogP contribution in [0.4, 0.5) is 0 Å². The zero-order valence-electron chi connectivity index (χ0n) is 13.7. The molecule has 0 amide bonds. The van der Waals surface area contributed by atoms with Gasteiger partial charge in [0.25, 0.3) is 11.8 Å². The number of Topliss-reactive ketones (excluding diaryl/α,β-unsaturated/α-hetero) is 1. The first-order valence-corrected chi connectivity index (χ1v) is 7.84. The minimum Gasteiger partial charge on any atom is -0.477 e. The number of aromatic nitrogens is 2. The second-order valence-electron chi connectivity index (χ2n) is 5.86. The summed E-state index contributed by atoms with van der Waals surface area (Å²) in [5.41, 5.74) is 0.0196. The van der Waals surface area contributed by atoms with Crippen molar-refractivity contribution < 1.29 is 24.1 Å². The molecule has 1 N–H and O–H groups in total. The number of ether oxygens (including phenoxy) is 3. The van der Waals surface area contributed by atoms with Gasteiger partial charge < -0.3 is 19.3 Å². The van der Waals surface area contributed by atoms with Crippen molar-refractivity contribution >= 4 is 27.5 Å². The second kappa shape index (κ2) is 6.77. The Balaban J connectivity index is 2.21. The van der Waals surface area contributed by atoms with Gasteiger partial charge in [-0.05, 0) is 26.8 Å². The minimum atomic E-state index is -1.15. The van der Waals surface area contributed by atoms with E-state index in [0.717, 1.165) is 0 Å². The maximum atomic E-state index is 12.3. The zero-order valence-corrected chi connectivity index (χ0v) is 14.6. The summed E-state index contributed by atoms with van der Waals surface area (Å²) < 4.78 is 15.5. The van der Waals surface area contributed by atoms with Crippen molar-refractivity contribution in [1.82, 2.24) is 9.97 Å². The maximum absolute atomic E-state index is 12.3. The third-order valence-electron chi connectivity index (χ3n) is 2.81. The molecule has 0 spiro atoms. The fourth-order valence-corrected chi connectivity index (χ4v) is 2.86. The first-order chi connectivity index (χ1) is 10.7. The summed E-state index contributed by atoms with van der Waals surface area (Å²) >= 11 is 1.19. The maximum Gasteiger partial charge on any atom is 0.279 e. The number of ketones is 1. The predicted molar refractivity (Wildman–Crippen MR) is 86.3 cm³/mol. The smallest absolute Gasteiger partial charge is 0.279 e. The molecule has 2 heterocycles. The summed E-state index contributed by atoms with van der Waals surface area (Å²) in [7, 11) is 2.94. The number of rotatable bonds is 6. The van der Waals surface area contributed by atoms with E-state index < -0.39 is 11.9 Å². The number of hydrogen-bond acceptors (Lipinski definition) is 8. The van der Waals surface area contributed by atoms with Gasteiger partial charge in [0.1, 0.15) is 10.3 Å². The van der Waals surface area contributed by atoms with E-state index >= 15 is 0 Å². The van der Waals surface area contributed by atoms with Gasteiger partial charge in [0, 0.05) is 0 Å². The molecule has 0 bridgehead atoms. The lowest BCUT2D eigenvalue weighted by atomic mass is 10.2. The van der Waals surface area contributed by atoms with E-state index in [1.54, 1.807) is 6.07 Å². The summed E-state index contributed by atoms with van der Waals surface area (Å²) in [5, 5.41) is 9.85. The highest BCUT2D eigenvalue weighted by molar-refractivity contribution is 7.20. The largest absolute Gasteiger partial charge is 0.477 e. The van der Waals surface area contributed by atoms with Crippen molar-refractivity contribution in [3.8, 4) is 11.8 Å². The number of fused-ring (bicyclic) bond motifs is 1. The van der Waals surface area contributed by atoms with E-state index in [0.29, 0.717) is 15.2 Å². The molecule has 2 rings (SSSR count). The Morgan fingerprint density at radius 2 is 1.87 bits per heavy atom. The fourth-order valence-electron chi connectivity index (χ4n) is 1.94. The minimum absolute atomic E-state index is 0.127. The highest BCUT2D eigenvalue weighted by Crippen LogP contribution is 2.30. The van der Waals surface area contributed by atoms with Crippen LogP contribution in [0.3, 0.4) is 0 Å². The van der Waals surface area contributed by atoms with Gasteiger partial charge in [0.05, 0.1) is 31.1 Å². The first kappa shape index (κ1) is 17.6. The van der Waals surface area contributed by atoms with Gasteiger partial charge in [-0.25, -0.2) is 4.98 Å². The molecule has 2 aromatic heterocycles. The zero-order chi connectivity index (χ0) is 17.2. The third-order valence-corrected chi connectivity index (χ3v) is 3.87. The van der Waals surface area contributed by atoms with Crippen LogP contribution in [0, 0.1) is 0 Å². The van der Waals surface area contributed by atoms with Crippen LogP contribution in [0.1, 0.15) is 36.9 Å². The monoisotopic (exact) mass is 340 g/mol. The fraction of sp³-hybridized carbons (Fsp3) is 0.533. The van der Waals surface area contributed by atoms with Crippen molar-refractivity contribution in [3.05, 3.63) is 10.9 Å². The molecular formula is C15H20N2O5S. The number of methoxy groups -OCH3 is 2. The predicted octanol–water partition coefficient (Wildman–Crippen LogP) is 2.41. The van der Waals surface area contributed by atoms with Gasteiger partial charge in [0.15, 0.2) is 12.1 Å². The Labute approximate surface area is 138 Å². The quantitative estimate of drug-likeness (QED) is 0.638. The Kier molecular flexibility index (Phi) is 5.18. The van der Waals surface area contributed by atoms with Crippen LogP contribution in [-0.2, 0) is 4.74 Å². The van der Waals surface area contributed by atoms with Crippen LogP contribution in [0.5, 0.6) is 11.8 Å². The van der Waals surface area contributed by atoms with Gasteiger partial charge >= 0.3 is 0 Å². The van der Waals surface area contributed by atoms with Crippen LogP contribution < -0.4 is 9.47 Å². The van der Waals surface area contributed by atoms with E-state index in [1.807, 2.05) is 20.8 Å². The summed E-state index contributed by atoms with van der Waals surface area (Å²) in [6.45, 7) is 5.44. The molecular weight excluding hydrogens is 320 g/mol. The molecule has 1 unspecified atom stereocenters. The molecule has 0 aromatic carbocycles. The van der Waals surface area contributed by atoms with E-state index in [-0.39, 0.29) is 24.0 Å². The van der Waals surface area contributed by atoms with Crippen molar-refractivity contribution in [1.29, 1.82) is 0 Å². The number of aliphatic hydroxyl groups is 1. The van der Waals surface area contributed by atoms with E-state index in [2.05, 4.69) is 9.97 Å². The molecule has 0 aliphatic heterocycles. The second-order valence-corrected chi connectivity index (χ2v) is 6.89. The lowest BCUT2D eigenvalue weighted by Gasteiger charge is -2.23. The molecule has 126 valence electrons. The number of thiophene rings is 1. The summed E-state index contributed by atoms with van der Waals surface area (Å²) in [6, 6.07) is 1.63. The molecule has 0 saturated heterocycles. The molecule has 0 radical (unpaired) electrons. The van der Waals surface area contributed by atoms with Gasteiger partial charge in [-0.1, -0.05) is 0 Å². The molecule has 1 atom stereocenters. The molecule has 0 saturated carbocycles. The Bertz CT molecular complexity index is 667. The normalized spacial score (nSPS) is 13.1. The SMILES string of the molecule is COc1nc2cc(C(=O)CC(O)OC(C)(C)C)sc2nc1OC. The first-order valence-electron chi connectivity index (χ1n) is 7.02. The van der Waals surface area contributed by atoms with Crippen LogP contribution in [-0.4, -0.2) is 47.0 Å². The summed E-state index contributed by atoms with van der Waals surface area (Å²) in [5.74, 6) is 0.286. The average molecular weight is 340 g/mol. The van der Waals surface area contributed by atoms with Gasteiger partial charge in [0.2, 0.25) is 0 Å². The average Bonchev–Trinajstić information content (AvgIpc) is 2.86. The number of aliphatic hydroxyl groups excluding tert-OH is 1. The van der Waals surface area contributed by atoms with E-state index in [1.165, 1.54) is 25.6 Å². The van der Waals surface area contributed by atoms with Crippen LogP contribution in [0.25, 0.3) is 10.3 Å². The molecule has 0 aliphatic rings. The molecule has 8 heteroatoms. The summed E-state index contributed by atoms with van der Waals surface area (Å²) in [6.07, 6.45) is -1.28. The molecule has 0 aliphatic carbocycles. The number of hydrogen-bond donors (Lipinski definition) is 1. The Morgan fingerprint density at radius 1 is 1.26 bits per heavy atom. The van der Waals surface area contributed by atoms with E-state index in [9.17, 15) is 9.90 Å². The van der Waals surface area contributed by atoms with Crippen molar-refractivity contribution in [2.45, 2.75) is 39.1 Å². The number of nitrogens with zero attached hydrogens (tertiary/aromatic N) is 2. The van der Waals surface area contributed by atoms with Crippen LogP contribution >= 0.6 is 11.3 Å². The molecule has 7 nitrogen and oxygen atoms in total. The number of carbonyl (C=O) groups excluding carboxylic acids is 1. The lowest BCUT2D eigenvalue weighted by Crippen LogP contribution is -2.28. The van der Waals surface area contributed by atoms with Crippen molar-refractivity contribution in [3.63, 3.8) is 0 Å². The molecule has 0 fully saturated rings. The molecule has 23 heavy (non-hydrogen) atoms. The highest BCUT2D eigenvalue weighted by atomic mass is 32.1.